The Bertz CT molecular complexity index is 690. The van der Waals surface area contributed by atoms with E-state index in [9.17, 15) is 0 Å². The quantitative estimate of drug-likeness (QED) is 0.716. The number of halogens is 1. The van der Waals surface area contributed by atoms with Crippen molar-refractivity contribution in [3.8, 4) is 11.4 Å². The van der Waals surface area contributed by atoms with E-state index in [0.29, 0.717) is 16.5 Å². The normalized spacial score (nSPS) is 10.9. The van der Waals surface area contributed by atoms with E-state index < -0.39 is 0 Å². The number of hydrogen-bond acceptors (Lipinski definition) is 3. The molecule has 3 aromatic heterocycles. The minimum Gasteiger partial charge on any atom is -0.337 e. The summed E-state index contributed by atoms with van der Waals surface area (Å²) in [6.45, 7) is 1.94. The van der Waals surface area contributed by atoms with E-state index in [1.54, 1.807) is 12.4 Å². The van der Waals surface area contributed by atoms with Crippen molar-refractivity contribution in [3.05, 3.63) is 41.3 Å². The van der Waals surface area contributed by atoms with Gasteiger partial charge in [0.2, 0.25) is 0 Å². The van der Waals surface area contributed by atoms with E-state index in [1.807, 2.05) is 25.1 Å². The number of nitrogens with one attached hydrogen (secondary N) is 1. The molecule has 3 heterocycles. The van der Waals surface area contributed by atoms with Crippen LogP contribution in [0, 0.1) is 6.92 Å². The summed E-state index contributed by atoms with van der Waals surface area (Å²) < 4.78 is 0. The van der Waals surface area contributed by atoms with Gasteiger partial charge >= 0.3 is 0 Å². The van der Waals surface area contributed by atoms with Crippen LogP contribution >= 0.6 is 11.6 Å². The van der Waals surface area contributed by atoms with Crippen LogP contribution in [0.2, 0.25) is 5.02 Å². The minimum absolute atomic E-state index is 0.572. The third kappa shape index (κ3) is 1.76. The smallest absolute Gasteiger partial charge is 0.178 e. The first-order valence-electron chi connectivity index (χ1n) is 5.17. The van der Waals surface area contributed by atoms with E-state index in [0.717, 1.165) is 16.8 Å². The van der Waals surface area contributed by atoms with E-state index in [4.69, 9.17) is 11.6 Å². The summed E-state index contributed by atoms with van der Waals surface area (Å²) in [5.74, 6) is 0.713. The van der Waals surface area contributed by atoms with Crippen molar-refractivity contribution in [2.24, 2.45) is 0 Å². The SMILES string of the molecule is Cc1ccc2[nH]c(-c3ccncc3Cl)nc2n1. The summed E-state index contributed by atoms with van der Waals surface area (Å²) in [5, 5.41) is 0.572. The molecule has 17 heavy (non-hydrogen) atoms. The molecule has 0 saturated carbocycles. The molecule has 0 fully saturated rings. The van der Waals surface area contributed by atoms with Crippen molar-refractivity contribution < 1.29 is 0 Å². The lowest BCUT2D eigenvalue weighted by Gasteiger charge is -1.97. The maximum absolute atomic E-state index is 6.07. The van der Waals surface area contributed by atoms with Crippen molar-refractivity contribution in [3.63, 3.8) is 0 Å². The van der Waals surface area contributed by atoms with Crippen LogP contribution in [0.3, 0.4) is 0 Å². The molecular formula is C12H9ClN4. The Labute approximate surface area is 103 Å². The molecule has 84 valence electrons. The van der Waals surface area contributed by atoms with E-state index in [2.05, 4.69) is 19.9 Å². The van der Waals surface area contributed by atoms with Gasteiger partial charge in [0, 0.05) is 23.7 Å². The summed E-state index contributed by atoms with van der Waals surface area (Å²) in [5.41, 5.74) is 3.38. The number of hydrogen-bond donors (Lipinski definition) is 1. The Morgan fingerprint density at radius 2 is 2.06 bits per heavy atom. The van der Waals surface area contributed by atoms with Crippen LogP contribution in [-0.2, 0) is 0 Å². The van der Waals surface area contributed by atoms with Crippen molar-refractivity contribution in [2.75, 3.05) is 0 Å². The molecule has 1 N–H and O–H groups in total. The molecule has 0 aromatic carbocycles. The number of rotatable bonds is 1. The zero-order valence-corrected chi connectivity index (χ0v) is 9.86. The largest absolute Gasteiger partial charge is 0.337 e. The average molecular weight is 245 g/mol. The third-order valence-corrected chi connectivity index (χ3v) is 2.81. The first-order chi connectivity index (χ1) is 8.24. The van der Waals surface area contributed by atoms with Crippen LogP contribution in [-0.4, -0.2) is 19.9 Å². The molecule has 4 nitrogen and oxygen atoms in total. The number of fused-ring (bicyclic) bond motifs is 1. The van der Waals surface area contributed by atoms with Crippen LogP contribution in [0.15, 0.2) is 30.6 Å². The van der Waals surface area contributed by atoms with Crippen LogP contribution in [0.25, 0.3) is 22.6 Å². The fraction of sp³-hybridized carbons (Fsp3) is 0.0833. The molecule has 0 spiro atoms. The average Bonchev–Trinajstić information content (AvgIpc) is 2.72. The summed E-state index contributed by atoms with van der Waals surface area (Å²) in [4.78, 5) is 15.9. The topological polar surface area (TPSA) is 54.5 Å². The van der Waals surface area contributed by atoms with Gasteiger partial charge in [0.15, 0.2) is 5.65 Å². The summed E-state index contributed by atoms with van der Waals surface area (Å²) >= 11 is 6.07. The van der Waals surface area contributed by atoms with Crippen molar-refractivity contribution in [1.29, 1.82) is 0 Å². The standard InChI is InChI=1S/C12H9ClN4/c1-7-2-3-10-12(15-7)17-11(16-10)8-4-5-14-6-9(8)13/h2-6H,1H3,(H,15,16,17). The maximum atomic E-state index is 6.07. The molecule has 0 amide bonds. The molecule has 0 unspecified atom stereocenters. The molecule has 3 aromatic rings. The van der Waals surface area contributed by atoms with Crippen molar-refractivity contribution in [2.45, 2.75) is 6.92 Å². The number of pyridine rings is 2. The van der Waals surface area contributed by atoms with Crippen LogP contribution in [0.4, 0.5) is 0 Å². The molecule has 0 aliphatic rings. The molecule has 5 heteroatoms. The predicted octanol–water partition coefficient (Wildman–Crippen LogP) is 2.98. The van der Waals surface area contributed by atoms with E-state index in [1.165, 1.54) is 0 Å². The van der Waals surface area contributed by atoms with Crippen molar-refractivity contribution in [1.82, 2.24) is 19.9 Å². The minimum atomic E-state index is 0.572. The highest BCUT2D eigenvalue weighted by atomic mass is 35.5. The second-order valence-electron chi connectivity index (χ2n) is 3.76. The van der Waals surface area contributed by atoms with Crippen molar-refractivity contribution >= 4 is 22.8 Å². The Morgan fingerprint density at radius 1 is 1.18 bits per heavy atom. The van der Waals surface area contributed by atoms with Gasteiger partial charge in [-0.3, -0.25) is 4.98 Å². The summed E-state index contributed by atoms with van der Waals surface area (Å²) in [6.07, 6.45) is 3.29. The molecule has 0 aliphatic carbocycles. The third-order valence-electron chi connectivity index (χ3n) is 2.51. The highest BCUT2D eigenvalue weighted by Gasteiger charge is 2.09. The van der Waals surface area contributed by atoms with Gasteiger partial charge in [0.1, 0.15) is 5.82 Å². The number of nitrogens with zero attached hydrogens (tertiary/aromatic N) is 3. The zero-order chi connectivity index (χ0) is 11.8. The van der Waals surface area contributed by atoms with Crippen LogP contribution in [0.5, 0.6) is 0 Å². The first-order valence-corrected chi connectivity index (χ1v) is 5.55. The van der Waals surface area contributed by atoms with E-state index >= 15 is 0 Å². The Morgan fingerprint density at radius 3 is 2.88 bits per heavy atom. The molecule has 0 aliphatic heterocycles. The van der Waals surface area contributed by atoms with Gasteiger partial charge in [0.05, 0.1) is 10.5 Å². The number of aromatic amines is 1. The molecule has 0 atom stereocenters. The van der Waals surface area contributed by atoms with Gasteiger partial charge in [-0.25, -0.2) is 9.97 Å². The lowest BCUT2D eigenvalue weighted by molar-refractivity contribution is 1.22. The second-order valence-corrected chi connectivity index (χ2v) is 4.17. The van der Waals surface area contributed by atoms with Gasteiger partial charge in [-0.1, -0.05) is 11.6 Å². The van der Waals surface area contributed by atoms with Crippen LogP contribution in [0.1, 0.15) is 5.69 Å². The van der Waals surface area contributed by atoms with Gasteiger partial charge in [-0.15, -0.1) is 0 Å². The van der Waals surface area contributed by atoms with E-state index in [-0.39, 0.29) is 0 Å². The molecule has 0 radical (unpaired) electrons. The highest BCUT2D eigenvalue weighted by molar-refractivity contribution is 6.33. The van der Waals surface area contributed by atoms with Gasteiger partial charge in [0.25, 0.3) is 0 Å². The first kappa shape index (κ1) is 10.2. The second kappa shape index (κ2) is 3.82. The number of aromatic nitrogens is 4. The van der Waals surface area contributed by atoms with Crippen LogP contribution < -0.4 is 0 Å². The maximum Gasteiger partial charge on any atom is 0.178 e. The lowest BCUT2D eigenvalue weighted by Crippen LogP contribution is -1.83. The Kier molecular flexibility index (Phi) is 2.30. The number of H-pyrrole nitrogens is 1. The Balaban J connectivity index is 2.22. The lowest BCUT2D eigenvalue weighted by atomic mass is 10.2. The van der Waals surface area contributed by atoms with Gasteiger partial charge in [-0.05, 0) is 25.1 Å². The van der Waals surface area contributed by atoms with Gasteiger partial charge in [-0.2, -0.15) is 0 Å². The molecule has 0 bridgehead atoms. The summed E-state index contributed by atoms with van der Waals surface area (Å²) in [7, 11) is 0. The number of aryl methyl sites for hydroxylation is 1. The molecule has 0 saturated heterocycles. The molecular weight excluding hydrogens is 236 g/mol. The fourth-order valence-corrected chi connectivity index (χ4v) is 1.89. The zero-order valence-electron chi connectivity index (χ0n) is 9.11. The number of imidazole rings is 1. The predicted molar refractivity (Wildman–Crippen MR) is 66.9 cm³/mol. The monoisotopic (exact) mass is 244 g/mol. The fourth-order valence-electron chi connectivity index (χ4n) is 1.68. The highest BCUT2D eigenvalue weighted by Crippen LogP contribution is 2.25. The van der Waals surface area contributed by atoms with Gasteiger partial charge < -0.3 is 4.98 Å². The Hall–Kier alpha value is -1.94. The molecule has 3 rings (SSSR count). The summed E-state index contributed by atoms with van der Waals surface area (Å²) in [6, 6.07) is 5.73.